The lowest BCUT2D eigenvalue weighted by molar-refractivity contribution is 0.466. The van der Waals surface area contributed by atoms with Gasteiger partial charge in [0.25, 0.3) is 0 Å². The average molecular weight is 216 g/mol. The van der Waals surface area contributed by atoms with Crippen LogP contribution in [0.5, 0.6) is 0 Å². The highest BCUT2D eigenvalue weighted by Gasteiger charge is 2.28. The molecular formula is C14H20N2. The van der Waals surface area contributed by atoms with Gasteiger partial charge in [-0.2, -0.15) is 0 Å². The van der Waals surface area contributed by atoms with Crippen molar-refractivity contribution in [3.05, 3.63) is 23.3 Å². The van der Waals surface area contributed by atoms with Gasteiger partial charge in [-0.25, -0.2) is 0 Å². The van der Waals surface area contributed by atoms with Crippen LogP contribution in [0.2, 0.25) is 0 Å². The Morgan fingerprint density at radius 3 is 3.00 bits per heavy atom. The molecule has 2 aliphatic heterocycles. The zero-order valence-electron chi connectivity index (χ0n) is 10.2. The van der Waals surface area contributed by atoms with Crippen molar-refractivity contribution in [1.29, 1.82) is 0 Å². The van der Waals surface area contributed by atoms with E-state index in [1.54, 1.807) is 0 Å². The molecule has 0 aromatic heterocycles. The number of piperidine rings is 1. The highest BCUT2D eigenvalue weighted by Crippen LogP contribution is 2.38. The lowest BCUT2D eigenvalue weighted by atomic mass is 9.96. The summed E-state index contributed by atoms with van der Waals surface area (Å²) in [5.41, 5.74) is 5.57. The molecule has 0 amide bonds. The van der Waals surface area contributed by atoms with E-state index in [0.29, 0.717) is 0 Å². The number of aryl methyl sites for hydroxylation is 2. The molecule has 3 rings (SSSR count). The van der Waals surface area contributed by atoms with Crippen molar-refractivity contribution < 1.29 is 0 Å². The summed E-state index contributed by atoms with van der Waals surface area (Å²) in [4.78, 5) is 2.62. The molecule has 2 heterocycles. The fraction of sp³-hybridized carbons (Fsp3) is 0.571. The van der Waals surface area contributed by atoms with Crippen LogP contribution < -0.4 is 10.2 Å². The van der Waals surface area contributed by atoms with Crippen LogP contribution in [0.25, 0.3) is 0 Å². The first-order valence-electron chi connectivity index (χ1n) is 6.37. The SMILES string of the molecule is Cc1cc(C)c2c(c1)N1CCCCC1CN2. The van der Waals surface area contributed by atoms with Crippen LogP contribution in [0.3, 0.4) is 0 Å². The van der Waals surface area contributed by atoms with Crippen molar-refractivity contribution in [3.8, 4) is 0 Å². The first-order valence-corrected chi connectivity index (χ1v) is 6.37. The third-order valence-electron chi connectivity index (χ3n) is 3.91. The fourth-order valence-corrected chi connectivity index (χ4v) is 3.15. The monoisotopic (exact) mass is 216 g/mol. The van der Waals surface area contributed by atoms with Crippen LogP contribution >= 0.6 is 0 Å². The van der Waals surface area contributed by atoms with Crippen LogP contribution in [0.15, 0.2) is 12.1 Å². The number of anilines is 2. The summed E-state index contributed by atoms with van der Waals surface area (Å²) in [5.74, 6) is 0. The lowest BCUT2D eigenvalue weighted by Gasteiger charge is -2.43. The number of hydrogen-bond acceptors (Lipinski definition) is 2. The molecular weight excluding hydrogens is 196 g/mol. The van der Waals surface area contributed by atoms with E-state index in [4.69, 9.17) is 0 Å². The van der Waals surface area contributed by atoms with Crippen molar-refractivity contribution in [3.63, 3.8) is 0 Å². The molecule has 86 valence electrons. The smallest absolute Gasteiger partial charge is 0.0610 e. The van der Waals surface area contributed by atoms with Crippen LogP contribution in [-0.2, 0) is 0 Å². The van der Waals surface area contributed by atoms with Gasteiger partial charge in [-0.3, -0.25) is 0 Å². The molecule has 1 N–H and O–H groups in total. The Morgan fingerprint density at radius 2 is 2.12 bits per heavy atom. The fourth-order valence-electron chi connectivity index (χ4n) is 3.15. The Kier molecular flexibility index (Phi) is 2.31. The quantitative estimate of drug-likeness (QED) is 0.717. The maximum atomic E-state index is 3.62. The minimum atomic E-state index is 0.724. The molecule has 1 aromatic carbocycles. The molecule has 1 saturated heterocycles. The van der Waals surface area contributed by atoms with Gasteiger partial charge < -0.3 is 10.2 Å². The van der Waals surface area contributed by atoms with Gasteiger partial charge in [0.2, 0.25) is 0 Å². The highest BCUT2D eigenvalue weighted by atomic mass is 15.2. The number of nitrogens with zero attached hydrogens (tertiary/aromatic N) is 1. The van der Waals surface area contributed by atoms with Crippen molar-refractivity contribution in [2.24, 2.45) is 0 Å². The first-order chi connectivity index (χ1) is 7.75. The molecule has 1 unspecified atom stereocenters. The maximum absolute atomic E-state index is 3.62. The Balaban J connectivity index is 2.06. The molecule has 0 bridgehead atoms. The van der Waals surface area contributed by atoms with E-state index in [0.717, 1.165) is 12.6 Å². The number of fused-ring (bicyclic) bond motifs is 3. The summed E-state index contributed by atoms with van der Waals surface area (Å²) in [6.45, 7) is 6.77. The average Bonchev–Trinajstić information content (AvgIpc) is 2.28. The van der Waals surface area contributed by atoms with Crippen LogP contribution in [0.1, 0.15) is 30.4 Å². The second-order valence-corrected chi connectivity index (χ2v) is 5.20. The topological polar surface area (TPSA) is 15.3 Å². The second-order valence-electron chi connectivity index (χ2n) is 5.20. The predicted molar refractivity (Wildman–Crippen MR) is 69.4 cm³/mol. The van der Waals surface area contributed by atoms with Crippen molar-refractivity contribution in [2.45, 2.75) is 39.2 Å². The third kappa shape index (κ3) is 1.48. The van der Waals surface area contributed by atoms with Gasteiger partial charge in [0.15, 0.2) is 0 Å². The zero-order chi connectivity index (χ0) is 11.1. The van der Waals surface area contributed by atoms with E-state index in [1.165, 1.54) is 48.3 Å². The number of rotatable bonds is 0. The van der Waals surface area contributed by atoms with Gasteiger partial charge in [-0.15, -0.1) is 0 Å². The minimum absolute atomic E-state index is 0.724. The Labute approximate surface area is 97.6 Å². The standard InChI is InChI=1S/C14H20N2/c1-10-7-11(2)14-13(8-10)16-6-4-3-5-12(16)9-15-14/h7-8,12,15H,3-6,9H2,1-2H3. The Hall–Kier alpha value is -1.18. The molecule has 1 aromatic rings. The van der Waals surface area contributed by atoms with Gasteiger partial charge >= 0.3 is 0 Å². The van der Waals surface area contributed by atoms with Crippen LogP contribution in [0, 0.1) is 13.8 Å². The third-order valence-corrected chi connectivity index (χ3v) is 3.91. The molecule has 0 saturated carbocycles. The van der Waals surface area contributed by atoms with E-state index in [9.17, 15) is 0 Å². The van der Waals surface area contributed by atoms with Gasteiger partial charge in [0.05, 0.1) is 11.4 Å². The van der Waals surface area contributed by atoms with E-state index in [2.05, 4.69) is 36.2 Å². The van der Waals surface area contributed by atoms with Gasteiger partial charge in [-0.1, -0.05) is 6.07 Å². The van der Waals surface area contributed by atoms with E-state index < -0.39 is 0 Å². The van der Waals surface area contributed by atoms with Crippen LogP contribution in [0.4, 0.5) is 11.4 Å². The maximum Gasteiger partial charge on any atom is 0.0610 e. The summed E-state index contributed by atoms with van der Waals surface area (Å²) in [7, 11) is 0. The molecule has 0 radical (unpaired) electrons. The molecule has 1 fully saturated rings. The first kappa shape index (κ1) is 10.0. The van der Waals surface area contributed by atoms with E-state index >= 15 is 0 Å². The number of nitrogens with one attached hydrogen (secondary N) is 1. The lowest BCUT2D eigenvalue weighted by Crippen LogP contribution is -2.47. The molecule has 1 atom stereocenters. The minimum Gasteiger partial charge on any atom is -0.381 e. The van der Waals surface area contributed by atoms with Crippen molar-refractivity contribution in [2.75, 3.05) is 23.3 Å². The molecule has 2 heteroatoms. The second kappa shape index (κ2) is 3.69. The highest BCUT2D eigenvalue weighted by molar-refractivity contribution is 5.77. The van der Waals surface area contributed by atoms with E-state index in [1.807, 2.05) is 0 Å². The Morgan fingerprint density at radius 1 is 1.25 bits per heavy atom. The van der Waals surface area contributed by atoms with Crippen molar-refractivity contribution in [1.82, 2.24) is 0 Å². The predicted octanol–water partition coefficient (Wildman–Crippen LogP) is 3.09. The van der Waals surface area contributed by atoms with Crippen LogP contribution in [-0.4, -0.2) is 19.1 Å². The molecule has 16 heavy (non-hydrogen) atoms. The van der Waals surface area contributed by atoms with E-state index in [-0.39, 0.29) is 0 Å². The molecule has 2 nitrogen and oxygen atoms in total. The number of benzene rings is 1. The van der Waals surface area contributed by atoms with Gasteiger partial charge in [0, 0.05) is 19.1 Å². The number of hydrogen-bond donors (Lipinski definition) is 1. The zero-order valence-corrected chi connectivity index (χ0v) is 10.2. The van der Waals surface area contributed by atoms with Gasteiger partial charge in [-0.05, 0) is 50.3 Å². The normalized spacial score (nSPS) is 23.4. The summed E-state index contributed by atoms with van der Waals surface area (Å²) in [6, 6.07) is 5.34. The molecule has 2 aliphatic rings. The summed E-state index contributed by atoms with van der Waals surface area (Å²) < 4.78 is 0. The largest absolute Gasteiger partial charge is 0.381 e. The van der Waals surface area contributed by atoms with Gasteiger partial charge in [0.1, 0.15) is 0 Å². The molecule has 0 spiro atoms. The van der Waals surface area contributed by atoms with Crippen molar-refractivity contribution >= 4 is 11.4 Å². The summed E-state index contributed by atoms with van der Waals surface area (Å²) in [5, 5.41) is 3.62. The Bertz CT molecular complexity index is 411. The summed E-state index contributed by atoms with van der Waals surface area (Å²) in [6.07, 6.45) is 4.09. The summed E-state index contributed by atoms with van der Waals surface area (Å²) >= 11 is 0. The molecule has 0 aliphatic carbocycles.